The van der Waals surface area contributed by atoms with E-state index in [1.54, 1.807) is 11.8 Å². The maximum atomic E-state index is 13.5. The first kappa shape index (κ1) is 22.6. The summed E-state index contributed by atoms with van der Waals surface area (Å²) in [6.45, 7) is 2.75. The van der Waals surface area contributed by atoms with Crippen LogP contribution in [0.25, 0.3) is 11.1 Å². The Hall–Kier alpha value is -2.81. The number of rotatable bonds is 4. The molecule has 3 unspecified atom stereocenters. The van der Waals surface area contributed by atoms with Gasteiger partial charge in [-0.25, -0.2) is 4.79 Å². The number of piperidine rings is 2. The first-order valence-corrected chi connectivity index (χ1v) is 13.4. The summed E-state index contributed by atoms with van der Waals surface area (Å²) in [4.78, 5) is 31.7. The third-order valence-corrected chi connectivity index (χ3v) is 8.89. The minimum Gasteiger partial charge on any atom is -0.348 e. The smallest absolute Gasteiger partial charge is 0.326 e. The zero-order valence-corrected chi connectivity index (χ0v) is 20.7. The topological polar surface area (TPSA) is 76.7 Å². The number of amides is 3. The number of nitrogens with zero attached hydrogens (tertiary/aromatic N) is 2. The third-order valence-electron chi connectivity index (χ3n) is 7.54. The van der Waals surface area contributed by atoms with E-state index < -0.39 is 0 Å². The number of benzene rings is 2. The van der Waals surface area contributed by atoms with Gasteiger partial charge in [-0.3, -0.25) is 9.69 Å². The molecule has 4 aliphatic rings. The van der Waals surface area contributed by atoms with E-state index in [0.29, 0.717) is 4.91 Å². The fourth-order valence-electron chi connectivity index (χ4n) is 5.92. The molecule has 0 aliphatic carbocycles. The van der Waals surface area contributed by atoms with Gasteiger partial charge in [0, 0.05) is 29.9 Å². The van der Waals surface area contributed by atoms with Gasteiger partial charge in [-0.05, 0) is 62.7 Å². The quantitative estimate of drug-likeness (QED) is 0.614. The highest BCUT2D eigenvalue weighted by Crippen LogP contribution is 2.48. The molecule has 2 aromatic rings. The van der Waals surface area contributed by atoms with Crippen LogP contribution < -0.4 is 20.9 Å². The number of urea groups is 1. The summed E-state index contributed by atoms with van der Waals surface area (Å²) in [6, 6.07) is 18.4. The molecule has 4 atom stereocenters. The van der Waals surface area contributed by atoms with Gasteiger partial charge in [-0.1, -0.05) is 54.2 Å². The molecule has 35 heavy (non-hydrogen) atoms. The molecular formula is C27H31N5O2S. The van der Waals surface area contributed by atoms with Crippen LogP contribution in [0, 0.1) is 5.92 Å². The van der Waals surface area contributed by atoms with Crippen LogP contribution in [0.3, 0.4) is 0 Å². The van der Waals surface area contributed by atoms with Gasteiger partial charge in [-0.2, -0.15) is 0 Å². The molecule has 3 fully saturated rings. The molecule has 3 saturated heterocycles. The molecule has 7 nitrogen and oxygen atoms in total. The van der Waals surface area contributed by atoms with E-state index in [4.69, 9.17) is 0 Å². The van der Waals surface area contributed by atoms with Gasteiger partial charge in [0.1, 0.15) is 0 Å². The summed E-state index contributed by atoms with van der Waals surface area (Å²) in [6.07, 6.45) is 2.93. The van der Waals surface area contributed by atoms with Crippen molar-refractivity contribution in [3.8, 4) is 11.1 Å². The lowest BCUT2D eigenvalue weighted by atomic mass is 9.86. The molecule has 0 radical (unpaired) electrons. The van der Waals surface area contributed by atoms with Gasteiger partial charge in [0.05, 0.1) is 16.3 Å². The number of carbonyl (C=O) groups excluding carboxylic acids is 2. The molecular weight excluding hydrogens is 458 g/mol. The van der Waals surface area contributed by atoms with E-state index in [2.05, 4.69) is 52.2 Å². The Morgan fingerprint density at radius 1 is 1.09 bits per heavy atom. The molecule has 0 aromatic heterocycles. The number of anilines is 1. The standard InChI is InChI=1S/C27H31N5O2S/c1-31-14-6-10-19(16-31)29-25(33)24-23-22-21(12-13-28-26(22)35-24)32(27(34)30-23)20-11-5-9-18(15-20)17-7-3-2-4-8-17/h2-5,7-9,11,15,19,21-22,26,28H,6,10,12-14,16H2,1H3,(H,29,33)(H,30,34)/t19-,21?,22?,26?/m1/s1. The van der Waals surface area contributed by atoms with Crippen LogP contribution in [0.5, 0.6) is 0 Å². The van der Waals surface area contributed by atoms with E-state index >= 15 is 0 Å². The van der Waals surface area contributed by atoms with Crippen molar-refractivity contribution in [2.24, 2.45) is 5.92 Å². The molecule has 8 heteroatoms. The van der Waals surface area contributed by atoms with E-state index in [1.807, 2.05) is 35.2 Å². The van der Waals surface area contributed by atoms with Crippen LogP contribution in [0.4, 0.5) is 10.5 Å². The van der Waals surface area contributed by atoms with Crippen LogP contribution in [-0.2, 0) is 4.79 Å². The minimum atomic E-state index is -0.155. The number of likely N-dealkylation sites (N-methyl/N-ethyl adjacent to an activating group) is 1. The molecule has 0 bridgehead atoms. The summed E-state index contributed by atoms with van der Waals surface area (Å²) in [5.41, 5.74) is 3.89. The molecule has 0 saturated carbocycles. The molecule has 2 aromatic carbocycles. The number of carbonyl (C=O) groups is 2. The van der Waals surface area contributed by atoms with Crippen molar-refractivity contribution in [2.45, 2.75) is 36.7 Å². The van der Waals surface area contributed by atoms with Crippen LogP contribution in [-0.4, -0.2) is 61.0 Å². The van der Waals surface area contributed by atoms with Crippen LogP contribution in [0.15, 0.2) is 65.2 Å². The molecule has 6 rings (SSSR count). The first-order chi connectivity index (χ1) is 17.1. The third kappa shape index (κ3) is 4.24. The maximum absolute atomic E-state index is 13.5. The zero-order valence-electron chi connectivity index (χ0n) is 19.9. The predicted molar refractivity (Wildman–Crippen MR) is 140 cm³/mol. The lowest BCUT2D eigenvalue weighted by molar-refractivity contribution is -0.117. The van der Waals surface area contributed by atoms with Gasteiger partial charge >= 0.3 is 6.03 Å². The van der Waals surface area contributed by atoms with Gasteiger partial charge in [-0.15, -0.1) is 0 Å². The second-order valence-electron chi connectivity index (χ2n) is 9.91. The summed E-state index contributed by atoms with van der Waals surface area (Å²) in [7, 11) is 2.09. The van der Waals surface area contributed by atoms with E-state index in [1.165, 1.54) is 0 Å². The van der Waals surface area contributed by atoms with Crippen molar-refractivity contribution in [3.05, 3.63) is 65.2 Å². The number of hydrogen-bond donors (Lipinski definition) is 3. The Labute approximate surface area is 210 Å². The predicted octanol–water partition coefficient (Wildman–Crippen LogP) is 3.36. The normalized spacial score (nSPS) is 28.5. The molecule has 4 aliphatic heterocycles. The molecule has 182 valence electrons. The van der Waals surface area contributed by atoms with Gasteiger partial charge < -0.3 is 20.9 Å². The van der Waals surface area contributed by atoms with Crippen molar-refractivity contribution in [2.75, 3.05) is 31.6 Å². The van der Waals surface area contributed by atoms with Crippen LogP contribution in [0.1, 0.15) is 19.3 Å². The number of nitrogens with one attached hydrogen (secondary N) is 3. The number of likely N-dealkylation sites (tertiary alicyclic amines) is 1. The Morgan fingerprint density at radius 3 is 2.74 bits per heavy atom. The van der Waals surface area contributed by atoms with E-state index in [-0.39, 0.29) is 35.3 Å². The number of thioether (sulfide) groups is 1. The summed E-state index contributed by atoms with van der Waals surface area (Å²) in [5, 5.41) is 10.0. The van der Waals surface area contributed by atoms with Gasteiger partial charge in [0.2, 0.25) is 0 Å². The van der Waals surface area contributed by atoms with Crippen molar-refractivity contribution in [1.29, 1.82) is 0 Å². The fourth-order valence-corrected chi connectivity index (χ4v) is 7.32. The summed E-state index contributed by atoms with van der Waals surface area (Å²) >= 11 is 1.57. The minimum absolute atomic E-state index is 0.00892. The lowest BCUT2D eigenvalue weighted by Crippen LogP contribution is -2.62. The lowest BCUT2D eigenvalue weighted by Gasteiger charge is -2.45. The largest absolute Gasteiger partial charge is 0.348 e. The number of hydrogen-bond acceptors (Lipinski definition) is 5. The van der Waals surface area contributed by atoms with Crippen molar-refractivity contribution in [1.82, 2.24) is 20.9 Å². The molecule has 3 amide bonds. The zero-order chi connectivity index (χ0) is 23.9. The van der Waals surface area contributed by atoms with E-state index in [0.717, 1.165) is 61.4 Å². The average Bonchev–Trinajstić information content (AvgIpc) is 3.24. The van der Waals surface area contributed by atoms with Crippen LogP contribution in [0.2, 0.25) is 0 Å². The Bertz CT molecular complexity index is 1170. The maximum Gasteiger partial charge on any atom is 0.326 e. The summed E-state index contributed by atoms with van der Waals surface area (Å²) in [5.74, 6) is 0.00156. The van der Waals surface area contributed by atoms with Crippen molar-refractivity contribution >= 4 is 29.4 Å². The average molecular weight is 490 g/mol. The Kier molecular flexibility index (Phi) is 6.04. The van der Waals surface area contributed by atoms with Crippen LogP contribution >= 0.6 is 11.8 Å². The first-order valence-electron chi connectivity index (χ1n) is 12.5. The molecule has 3 N–H and O–H groups in total. The summed E-state index contributed by atoms with van der Waals surface area (Å²) < 4.78 is 0. The molecule has 4 heterocycles. The SMILES string of the molecule is CN1CCC[C@@H](NC(=O)C2=C3NC(=O)N(c4cccc(-c5ccccc5)c4)C4CCNC(S2)C34)C1. The van der Waals surface area contributed by atoms with Crippen molar-refractivity contribution < 1.29 is 9.59 Å². The monoisotopic (exact) mass is 489 g/mol. The van der Waals surface area contributed by atoms with E-state index in [9.17, 15) is 9.59 Å². The van der Waals surface area contributed by atoms with Gasteiger partial charge in [0.25, 0.3) is 5.91 Å². The highest BCUT2D eigenvalue weighted by molar-refractivity contribution is 8.04. The van der Waals surface area contributed by atoms with Crippen molar-refractivity contribution in [3.63, 3.8) is 0 Å². The fraction of sp³-hybridized carbons (Fsp3) is 0.407. The molecule has 0 spiro atoms. The highest BCUT2D eigenvalue weighted by atomic mass is 32.2. The highest BCUT2D eigenvalue weighted by Gasteiger charge is 2.51. The van der Waals surface area contributed by atoms with Gasteiger partial charge in [0.15, 0.2) is 0 Å². The Morgan fingerprint density at radius 2 is 1.91 bits per heavy atom. The second-order valence-corrected chi connectivity index (χ2v) is 11.1. The Balaban J connectivity index is 1.28. The second kappa shape index (κ2) is 9.33.